The first-order valence-corrected chi connectivity index (χ1v) is 6.18. The summed E-state index contributed by atoms with van der Waals surface area (Å²) in [5.41, 5.74) is 0.301. The van der Waals surface area contributed by atoms with Crippen LogP contribution in [-0.2, 0) is 4.79 Å². The van der Waals surface area contributed by atoms with Crippen LogP contribution in [0.5, 0.6) is 11.5 Å². The molecule has 6 nitrogen and oxygen atoms in total. The maximum atomic E-state index is 12.4. The molecule has 1 unspecified atom stereocenters. The molecule has 0 radical (unpaired) electrons. The van der Waals surface area contributed by atoms with Crippen molar-refractivity contribution in [1.82, 2.24) is 4.90 Å². The molecule has 1 aromatic carbocycles. The first kappa shape index (κ1) is 15.8. The third-order valence-electron chi connectivity index (χ3n) is 3.10. The van der Waals surface area contributed by atoms with Gasteiger partial charge in [0.2, 0.25) is 0 Å². The van der Waals surface area contributed by atoms with Crippen molar-refractivity contribution in [3.63, 3.8) is 0 Å². The highest BCUT2D eigenvalue weighted by Gasteiger charge is 2.27. The lowest BCUT2D eigenvalue weighted by Gasteiger charge is -2.24. The Hall–Kier alpha value is -2.24. The van der Waals surface area contributed by atoms with Gasteiger partial charge >= 0.3 is 5.97 Å². The molecule has 0 aliphatic heterocycles. The molecule has 0 saturated carbocycles. The van der Waals surface area contributed by atoms with Crippen molar-refractivity contribution in [2.24, 2.45) is 0 Å². The zero-order chi connectivity index (χ0) is 15.3. The lowest BCUT2D eigenvalue weighted by molar-refractivity contribution is -0.142. The summed E-state index contributed by atoms with van der Waals surface area (Å²) in [5, 5.41) is 9.10. The second-order valence-corrected chi connectivity index (χ2v) is 4.24. The smallest absolute Gasteiger partial charge is 0.326 e. The number of methoxy groups -OCH3 is 2. The van der Waals surface area contributed by atoms with Gasteiger partial charge in [0.25, 0.3) is 5.91 Å². The highest BCUT2D eigenvalue weighted by atomic mass is 16.5. The third-order valence-corrected chi connectivity index (χ3v) is 3.10. The highest BCUT2D eigenvalue weighted by Crippen LogP contribution is 2.26. The zero-order valence-corrected chi connectivity index (χ0v) is 12.0. The van der Waals surface area contributed by atoms with Crippen LogP contribution in [0.15, 0.2) is 18.2 Å². The Labute approximate surface area is 117 Å². The van der Waals surface area contributed by atoms with E-state index in [0.29, 0.717) is 23.5 Å². The Bertz CT molecular complexity index is 500. The maximum absolute atomic E-state index is 12.4. The molecule has 0 aliphatic carbocycles. The van der Waals surface area contributed by atoms with E-state index in [9.17, 15) is 9.59 Å². The van der Waals surface area contributed by atoms with Crippen LogP contribution in [0.4, 0.5) is 0 Å². The monoisotopic (exact) mass is 281 g/mol. The first-order chi connectivity index (χ1) is 9.46. The largest absolute Gasteiger partial charge is 0.497 e. The molecule has 0 bridgehead atoms. The van der Waals surface area contributed by atoms with Crippen molar-refractivity contribution in [2.75, 3.05) is 21.3 Å². The summed E-state index contributed by atoms with van der Waals surface area (Å²) in [7, 11) is 4.42. The summed E-state index contributed by atoms with van der Waals surface area (Å²) >= 11 is 0. The number of carboxylic acids is 1. The molecule has 0 aliphatic rings. The Kier molecular flexibility index (Phi) is 5.37. The molecule has 1 aromatic rings. The van der Waals surface area contributed by atoms with Crippen molar-refractivity contribution in [3.05, 3.63) is 23.8 Å². The van der Waals surface area contributed by atoms with Gasteiger partial charge in [-0.05, 0) is 18.6 Å². The Morgan fingerprint density at radius 3 is 2.40 bits per heavy atom. The predicted molar refractivity (Wildman–Crippen MR) is 73.4 cm³/mol. The van der Waals surface area contributed by atoms with Crippen molar-refractivity contribution < 1.29 is 24.2 Å². The number of hydrogen-bond donors (Lipinski definition) is 1. The number of carbonyl (C=O) groups is 2. The van der Waals surface area contributed by atoms with E-state index in [1.165, 1.54) is 26.2 Å². The maximum Gasteiger partial charge on any atom is 0.326 e. The summed E-state index contributed by atoms with van der Waals surface area (Å²) in [6.45, 7) is 1.72. The topological polar surface area (TPSA) is 76.1 Å². The van der Waals surface area contributed by atoms with Gasteiger partial charge in [-0.2, -0.15) is 0 Å². The van der Waals surface area contributed by atoms with Crippen molar-refractivity contribution >= 4 is 11.9 Å². The summed E-state index contributed by atoms with van der Waals surface area (Å²) in [6.07, 6.45) is 0.329. The molecule has 0 spiro atoms. The zero-order valence-electron chi connectivity index (χ0n) is 12.0. The van der Waals surface area contributed by atoms with E-state index in [4.69, 9.17) is 14.6 Å². The van der Waals surface area contributed by atoms with E-state index in [1.807, 2.05) is 0 Å². The molecule has 6 heteroatoms. The van der Waals surface area contributed by atoms with Gasteiger partial charge in [-0.1, -0.05) is 6.92 Å². The lowest BCUT2D eigenvalue weighted by Crippen LogP contribution is -2.42. The van der Waals surface area contributed by atoms with Gasteiger partial charge in [-0.3, -0.25) is 4.79 Å². The third kappa shape index (κ3) is 3.20. The number of carbonyl (C=O) groups excluding carboxylic acids is 1. The second kappa shape index (κ2) is 6.79. The van der Waals surface area contributed by atoms with Gasteiger partial charge in [0.1, 0.15) is 17.5 Å². The number of rotatable bonds is 6. The molecule has 0 fully saturated rings. The summed E-state index contributed by atoms with van der Waals surface area (Å²) in [4.78, 5) is 24.7. The second-order valence-electron chi connectivity index (χ2n) is 4.24. The Morgan fingerprint density at radius 2 is 1.95 bits per heavy atom. The first-order valence-electron chi connectivity index (χ1n) is 6.18. The number of carboxylic acid groups (broad SMARTS) is 1. The van der Waals surface area contributed by atoms with Crippen LogP contribution in [-0.4, -0.2) is 49.2 Å². The highest BCUT2D eigenvalue weighted by molar-refractivity contribution is 5.99. The number of benzene rings is 1. The number of ether oxygens (including phenoxy) is 2. The Balaban J connectivity index is 3.10. The predicted octanol–water partition coefficient (Wildman–Crippen LogP) is 1.64. The number of aliphatic carboxylic acids is 1. The van der Waals surface area contributed by atoms with Crippen LogP contribution in [0.25, 0.3) is 0 Å². The average Bonchev–Trinajstić information content (AvgIpc) is 2.45. The molecule has 110 valence electrons. The van der Waals surface area contributed by atoms with Crippen molar-refractivity contribution in [2.45, 2.75) is 19.4 Å². The SMILES string of the molecule is CCC(C(=O)O)N(C)C(=O)c1ccc(OC)cc1OC. The van der Waals surface area contributed by atoms with Crippen LogP contribution in [0.1, 0.15) is 23.7 Å². The minimum Gasteiger partial charge on any atom is -0.497 e. The van der Waals surface area contributed by atoms with E-state index in [-0.39, 0.29) is 0 Å². The minimum absolute atomic E-state index is 0.301. The molecule has 0 heterocycles. The molecule has 1 N–H and O–H groups in total. The molecule has 20 heavy (non-hydrogen) atoms. The van der Waals surface area contributed by atoms with Gasteiger partial charge in [0.05, 0.1) is 19.8 Å². The normalized spacial score (nSPS) is 11.6. The quantitative estimate of drug-likeness (QED) is 0.857. The number of amides is 1. The van der Waals surface area contributed by atoms with E-state index in [0.717, 1.165) is 0 Å². The standard InChI is InChI=1S/C14H19NO5/c1-5-11(14(17)18)15(2)13(16)10-7-6-9(19-3)8-12(10)20-4/h6-8,11H,5H2,1-4H3,(H,17,18). The van der Waals surface area contributed by atoms with Gasteiger partial charge < -0.3 is 19.5 Å². The molecule has 0 saturated heterocycles. The molecule has 1 rings (SSSR count). The van der Waals surface area contributed by atoms with Gasteiger partial charge in [-0.15, -0.1) is 0 Å². The van der Waals surface area contributed by atoms with Crippen LogP contribution >= 0.6 is 0 Å². The summed E-state index contributed by atoms with van der Waals surface area (Å²) < 4.78 is 10.2. The summed E-state index contributed by atoms with van der Waals surface area (Å²) in [6, 6.07) is 3.91. The van der Waals surface area contributed by atoms with E-state index in [1.54, 1.807) is 25.1 Å². The van der Waals surface area contributed by atoms with Gasteiger partial charge in [-0.25, -0.2) is 4.79 Å². The lowest BCUT2D eigenvalue weighted by atomic mass is 10.1. The number of hydrogen-bond acceptors (Lipinski definition) is 4. The van der Waals surface area contributed by atoms with E-state index < -0.39 is 17.9 Å². The minimum atomic E-state index is -1.03. The van der Waals surface area contributed by atoms with E-state index in [2.05, 4.69) is 0 Å². The van der Waals surface area contributed by atoms with Crippen LogP contribution in [0.2, 0.25) is 0 Å². The van der Waals surface area contributed by atoms with Crippen LogP contribution < -0.4 is 9.47 Å². The number of nitrogens with zero attached hydrogens (tertiary/aromatic N) is 1. The summed E-state index contributed by atoms with van der Waals surface area (Å²) in [5.74, 6) is -0.526. The fraction of sp³-hybridized carbons (Fsp3) is 0.429. The fourth-order valence-electron chi connectivity index (χ4n) is 1.92. The van der Waals surface area contributed by atoms with Gasteiger partial charge in [0.15, 0.2) is 0 Å². The van der Waals surface area contributed by atoms with Gasteiger partial charge in [0, 0.05) is 13.1 Å². The molecule has 0 aromatic heterocycles. The molecular weight excluding hydrogens is 262 g/mol. The van der Waals surface area contributed by atoms with Crippen LogP contribution in [0.3, 0.4) is 0 Å². The molecule has 1 atom stereocenters. The van der Waals surface area contributed by atoms with Crippen LogP contribution in [0, 0.1) is 0 Å². The Morgan fingerprint density at radius 1 is 1.30 bits per heavy atom. The van der Waals surface area contributed by atoms with E-state index >= 15 is 0 Å². The van der Waals surface area contributed by atoms with Crippen molar-refractivity contribution in [3.8, 4) is 11.5 Å². The molecule has 1 amide bonds. The van der Waals surface area contributed by atoms with Crippen molar-refractivity contribution in [1.29, 1.82) is 0 Å². The fourth-order valence-corrected chi connectivity index (χ4v) is 1.92. The average molecular weight is 281 g/mol. The molecular formula is C14H19NO5. The number of likely N-dealkylation sites (N-methyl/N-ethyl adjacent to an activating group) is 1.